The van der Waals surface area contributed by atoms with Gasteiger partial charge in [0.2, 0.25) is 0 Å². The van der Waals surface area contributed by atoms with E-state index < -0.39 is 17.2 Å². The number of aliphatic hydroxyl groups excluding tert-OH is 2. The van der Waals surface area contributed by atoms with Gasteiger partial charge in [-0.3, -0.25) is 14.3 Å². The normalized spacial score (nSPS) is 31.8. The minimum absolute atomic E-state index is 0.123. The molecule has 2 rings (SSSR count). The minimum atomic E-state index is -0.647. The third-order valence-electron chi connectivity index (χ3n) is 3.90. The Hall–Kier alpha value is -1.40. The summed E-state index contributed by atoms with van der Waals surface area (Å²) in [5, 5.41) is 19.3. The molecule has 1 heterocycles. The van der Waals surface area contributed by atoms with Gasteiger partial charge in [0.25, 0.3) is 5.56 Å². The first kappa shape index (κ1) is 13.0. The Labute approximate surface area is 104 Å². The molecule has 0 aromatic carbocycles. The predicted octanol–water partition coefficient (Wildman–Crippen LogP) is -0.461. The van der Waals surface area contributed by atoms with Gasteiger partial charge in [-0.1, -0.05) is 6.92 Å². The van der Waals surface area contributed by atoms with Crippen LogP contribution in [0.4, 0.5) is 0 Å². The fourth-order valence-corrected chi connectivity index (χ4v) is 2.54. The van der Waals surface area contributed by atoms with Crippen molar-refractivity contribution in [2.45, 2.75) is 38.8 Å². The van der Waals surface area contributed by atoms with Gasteiger partial charge in [0.1, 0.15) is 0 Å². The first-order valence-corrected chi connectivity index (χ1v) is 5.98. The number of hydrogen-bond donors (Lipinski definition) is 3. The lowest BCUT2D eigenvalue weighted by atomic mass is 9.87. The zero-order chi connectivity index (χ0) is 13.5. The highest BCUT2D eigenvalue weighted by Gasteiger charge is 2.43. The Balaban J connectivity index is 2.38. The van der Waals surface area contributed by atoms with Gasteiger partial charge in [-0.15, -0.1) is 0 Å². The fraction of sp³-hybridized carbons (Fsp3) is 0.667. The first-order chi connectivity index (χ1) is 8.37. The van der Waals surface area contributed by atoms with E-state index in [2.05, 4.69) is 4.98 Å². The molecule has 3 atom stereocenters. The lowest BCUT2D eigenvalue weighted by Crippen LogP contribution is -2.33. The average molecular weight is 254 g/mol. The number of rotatable bonds is 2. The van der Waals surface area contributed by atoms with E-state index in [1.807, 2.05) is 0 Å². The van der Waals surface area contributed by atoms with Crippen molar-refractivity contribution in [2.75, 3.05) is 6.61 Å². The average Bonchev–Trinajstić information content (AvgIpc) is 2.61. The lowest BCUT2D eigenvalue weighted by Gasteiger charge is -2.24. The summed E-state index contributed by atoms with van der Waals surface area (Å²) in [6.07, 6.45) is 1.78. The SMILES string of the molecule is Cc1cn([C@H]2C[C@H](O)[C@@](C)(CO)C2)c(=O)[nH]c1=O. The maximum Gasteiger partial charge on any atom is 0.328 e. The van der Waals surface area contributed by atoms with Crippen LogP contribution in [0.5, 0.6) is 0 Å². The molecule has 1 saturated carbocycles. The van der Waals surface area contributed by atoms with E-state index in [-0.39, 0.29) is 18.2 Å². The van der Waals surface area contributed by atoms with Gasteiger partial charge in [-0.2, -0.15) is 0 Å². The van der Waals surface area contributed by atoms with E-state index in [1.54, 1.807) is 13.8 Å². The molecule has 6 heteroatoms. The van der Waals surface area contributed by atoms with E-state index in [4.69, 9.17) is 0 Å². The quantitative estimate of drug-likeness (QED) is 0.665. The van der Waals surface area contributed by atoms with Gasteiger partial charge >= 0.3 is 5.69 Å². The molecule has 0 bridgehead atoms. The number of aliphatic hydroxyl groups is 2. The summed E-state index contributed by atoms with van der Waals surface area (Å²) in [4.78, 5) is 25.3. The highest BCUT2D eigenvalue weighted by Crippen LogP contribution is 2.43. The molecule has 0 unspecified atom stereocenters. The van der Waals surface area contributed by atoms with E-state index in [0.717, 1.165) is 0 Å². The Morgan fingerprint density at radius 3 is 2.78 bits per heavy atom. The third kappa shape index (κ3) is 2.02. The Bertz CT molecular complexity index is 562. The first-order valence-electron chi connectivity index (χ1n) is 5.98. The maximum absolute atomic E-state index is 11.7. The summed E-state index contributed by atoms with van der Waals surface area (Å²) in [5.74, 6) is 0. The summed E-state index contributed by atoms with van der Waals surface area (Å²) >= 11 is 0. The fourth-order valence-electron chi connectivity index (χ4n) is 2.54. The van der Waals surface area contributed by atoms with Gasteiger partial charge in [-0.05, 0) is 19.8 Å². The molecule has 1 aliphatic carbocycles. The van der Waals surface area contributed by atoms with Crippen LogP contribution in [-0.2, 0) is 0 Å². The van der Waals surface area contributed by atoms with Crippen LogP contribution in [-0.4, -0.2) is 32.5 Å². The second-order valence-electron chi connectivity index (χ2n) is 5.40. The summed E-state index contributed by atoms with van der Waals surface area (Å²) in [5.41, 5.74) is -0.986. The minimum Gasteiger partial charge on any atom is -0.396 e. The lowest BCUT2D eigenvalue weighted by molar-refractivity contribution is 0.0201. The van der Waals surface area contributed by atoms with E-state index >= 15 is 0 Å². The molecule has 1 aliphatic rings. The summed E-state index contributed by atoms with van der Waals surface area (Å²) in [7, 11) is 0. The molecule has 18 heavy (non-hydrogen) atoms. The smallest absolute Gasteiger partial charge is 0.328 e. The number of aromatic amines is 1. The van der Waals surface area contributed by atoms with Gasteiger partial charge in [-0.25, -0.2) is 4.79 Å². The van der Waals surface area contributed by atoms with Crippen LogP contribution in [0.25, 0.3) is 0 Å². The van der Waals surface area contributed by atoms with Crippen molar-refractivity contribution in [3.63, 3.8) is 0 Å². The second kappa shape index (κ2) is 4.37. The number of hydrogen-bond acceptors (Lipinski definition) is 4. The second-order valence-corrected chi connectivity index (χ2v) is 5.40. The maximum atomic E-state index is 11.7. The van der Waals surface area contributed by atoms with Gasteiger partial charge in [0.15, 0.2) is 0 Å². The topological polar surface area (TPSA) is 95.3 Å². The van der Waals surface area contributed by atoms with Crippen molar-refractivity contribution in [3.05, 3.63) is 32.6 Å². The summed E-state index contributed by atoms with van der Waals surface area (Å²) in [6.45, 7) is 3.30. The molecular weight excluding hydrogens is 236 g/mol. The molecule has 3 N–H and O–H groups in total. The van der Waals surface area contributed by atoms with Gasteiger partial charge in [0, 0.05) is 23.2 Å². The van der Waals surface area contributed by atoms with Crippen molar-refractivity contribution < 1.29 is 10.2 Å². The molecule has 1 aromatic heterocycles. The molecule has 1 fully saturated rings. The summed E-state index contributed by atoms with van der Waals surface area (Å²) < 4.78 is 1.45. The van der Waals surface area contributed by atoms with Crippen molar-refractivity contribution >= 4 is 0 Å². The Kier molecular flexibility index (Phi) is 3.16. The monoisotopic (exact) mass is 254 g/mol. The molecule has 0 radical (unpaired) electrons. The van der Waals surface area contributed by atoms with E-state index in [1.165, 1.54) is 10.8 Å². The van der Waals surface area contributed by atoms with Crippen molar-refractivity contribution in [3.8, 4) is 0 Å². The van der Waals surface area contributed by atoms with Gasteiger partial charge in [0.05, 0.1) is 12.7 Å². The molecule has 0 spiro atoms. The molecule has 0 amide bonds. The number of nitrogens with zero attached hydrogens (tertiary/aromatic N) is 1. The van der Waals surface area contributed by atoms with E-state index in [9.17, 15) is 19.8 Å². The predicted molar refractivity (Wildman–Crippen MR) is 65.5 cm³/mol. The zero-order valence-corrected chi connectivity index (χ0v) is 10.5. The standard InChI is InChI=1S/C12H18N2O4/c1-7-5-14(11(18)13-10(7)17)8-3-9(16)12(2,4-8)6-15/h5,8-9,15-16H,3-4,6H2,1-2H3,(H,13,17,18)/t8-,9-,12+/m0/s1. The van der Waals surface area contributed by atoms with Crippen molar-refractivity contribution in [2.24, 2.45) is 5.41 Å². The summed E-state index contributed by atoms with van der Waals surface area (Å²) in [6, 6.07) is -0.194. The van der Waals surface area contributed by atoms with Crippen LogP contribution in [0.3, 0.4) is 0 Å². The van der Waals surface area contributed by atoms with Crippen molar-refractivity contribution in [1.82, 2.24) is 9.55 Å². The largest absolute Gasteiger partial charge is 0.396 e. The number of aryl methyl sites for hydroxylation is 1. The van der Waals surface area contributed by atoms with Crippen LogP contribution in [0, 0.1) is 12.3 Å². The van der Waals surface area contributed by atoms with Crippen LogP contribution < -0.4 is 11.2 Å². The molecule has 0 saturated heterocycles. The van der Waals surface area contributed by atoms with Gasteiger partial charge < -0.3 is 10.2 Å². The number of aromatic nitrogens is 2. The number of nitrogens with one attached hydrogen (secondary N) is 1. The van der Waals surface area contributed by atoms with Crippen LogP contribution >= 0.6 is 0 Å². The third-order valence-corrected chi connectivity index (χ3v) is 3.90. The van der Waals surface area contributed by atoms with Crippen LogP contribution in [0.1, 0.15) is 31.4 Å². The highest BCUT2D eigenvalue weighted by molar-refractivity contribution is 5.04. The molecular formula is C12H18N2O4. The van der Waals surface area contributed by atoms with E-state index in [0.29, 0.717) is 18.4 Å². The van der Waals surface area contributed by atoms with Crippen molar-refractivity contribution in [1.29, 1.82) is 0 Å². The molecule has 6 nitrogen and oxygen atoms in total. The Morgan fingerprint density at radius 2 is 2.22 bits per heavy atom. The zero-order valence-electron chi connectivity index (χ0n) is 10.5. The highest BCUT2D eigenvalue weighted by atomic mass is 16.3. The van der Waals surface area contributed by atoms with Crippen LogP contribution in [0.2, 0.25) is 0 Å². The number of H-pyrrole nitrogens is 1. The molecule has 100 valence electrons. The molecule has 1 aromatic rings. The Morgan fingerprint density at radius 1 is 1.56 bits per heavy atom. The van der Waals surface area contributed by atoms with Crippen LogP contribution in [0.15, 0.2) is 15.8 Å². The molecule has 0 aliphatic heterocycles.